The summed E-state index contributed by atoms with van der Waals surface area (Å²) in [6.07, 6.45) is 5.39. The molecule has 0 radical (unpaired) electrons. The second-order valence-electron chi connectivity index (χ2n) is 6.73. The fraction of sp³-hybridized carbons (Fsp3) is 0.143. The van der Waals surface area contributed by atoms with Crippen molar-refractivity contribution in [1.82, 2.24) is 19.7 Å². The molecule has 0 atom stereocenters. The number of benzene rings is 1. The standard InChI is InChI=1S/C21H18N6O/c1-12-13(2)19(23-10-15(12)9-22)21(28)24-16-4-5-18-17(8-16)20(26-25-18)14-6-7-27(3)11-14/h4-8,10-11H,1-3H3,(H,24,28)(H,25,26). The Hall–Kier alpha value is -3.92. The molecule has 1 aromatic carbocycles. The molecule has 2 N–H and O–H groups in total. The number of pyridine rings is 1. The van der Waals surface area contributed by atoms with Crippen LogP contribution in [-0.2, 0) is 7.05 Å². The lowest BCUT2D eigenvalue weighted by Gasteiger charge is -2.10. The average Bonchev–Trinajstić information content (AvgIpc) is 3.29. The summed E-state index contributed by atoms with van der Waals surface area (Å²) in [6, 6.07) is 9.68. The molecule has 0 spiro atoms. The second-order valence-corrected chi connectivity index (χ2v) is 6.73. The van der Waals surface area contributed by atoms with Crippen LogP contribution < -0.4 is 5.32 Å². The van der Waals surface area contributed by atoms with E-state index in [1.54, 1.807) is 6.92 Å². The summed E-state index contributed by atoms with van der Waals surface area (Å²) < 4.78 is 1.96. The summed E-state index contributed by atoms with van der Waals surface area (Å²) in [5.74, 6) is -0.311. The number of amides is 1. The largest absolute Gasteiger partial charge is 0.357 e. The highest BCUT2D eigenvalue weighted by Gasteiger charge is 2.16. The molecule has 0 aliphatic rings. The van der Waals surface area contributed by atoms with Crippen LogP contribution in [0, 0.1) is 25.2 Å². The maximum absolute atomic E-state index is 12.7. The fourth-order valence-corrected chi connectivity index (χ4v) is 3.19. The highest BCUT2D eigenvalue weighted by atomic mass is 16.1. The zero-order chi connectivity index (χ0) is 19.8. The number of anilines is 1. The van der Waals surface area contributed by atoms with Crippen molar-refractivity contribution >= 4 is 22.5 Å². The maximum Gasteiger partial charge on any atom is 0.274 e. The summed E-state index contributed by atoms with van der Waals surface area (Å²) >= 11 is 0. The topological polar surface area (TPSA) is 99.4 Å². The van der Waals surface area contributed by atoms with Gasteiger partial charge in [-0.15, -0.1) is 0 Å². The third-order valence-electron chi connectivity index (χ3n) is 4.91. The Morgan fingerprint density at radius 1 is 1.25 bits per heavy atom. The fourth-order valence-electron chi connectivity index (χ4n) is 3.19. The van der Waals surface area contributed by atoms with Crippen LogP contribution in [0.5, 0.6) is 0 Å². The molecule has 0 aliphatic carbocycles. The van der Waals surface area contributed by atoms with Gasteiger partial charge in [0.1, 0.15) is 17.5 Å². The number of carbonyl (C=O) groups is 1. The summed E-state index contributed by atoms with van der Waals surface area (Å²) in [4.78, 5) is 16.9. The van der Waals surface area contributed by atoms with Gasteiger partial charge in [0.25, 0.3) is 5.91 Å². The third kappa shape index (κ3) is 2.91. The number of H-pyrrole nitrogens is 1. The SMILES string of the molecule is Cc1c(C#N)cnc(C(=O)Nc2ccc3[nH]nc(-c4ccn(C)c4)c3c2)c1C. The van der Waals surface area contributed by atoms with Crippen molar-refractivity contribution < 1.29 is 4.79 Å². The average molecular weight is 370 g/mol. The normalized spacial score (nSPS) is 10.8. The van der Waals surface area contributed by atoms with Gasteiger partial charge < -0.3 is 9.88 Å². The first-order chi connectivity index (χ1) is 13.5. The number of nitrogens with zero attached hydrogens (tertiary/aromatic N) is 4. The summed E-state index contributed by atoms with van der Waals surface area (Å²) in [6.45, 7) is 3.61. The van der Waals surface area contributed by atoms with Gasteiger partial charge in [-0.1, -0.05) is 0 Å². The molecule has 0 fully saturated rings. The van der Waals surface area contributed by atoms with Gasteiger partial charge in [-0.2, -0.15) is 10.4 Å². The van der Waals surface area contributed by atoms with Gasteiger partial charge in [0.05, 0.1) is 11.1 Å². The van der Waals surface area contributed by atoms with E-state index in [0.29, 0.717) is 22.5 Å². The van der Waals surface area contributed by atoms with Crippen molar-refractivity contribution in [3.8, 4) is 17.3 Å². The van der Waals surface area contributed by atoms with Crippen molar-refractivity contribution in [2.24, 2.45) is 7.05 Å². The Morgan fingerprint density at radius 3 is 2.79 bits per heavy atom. The quantitative estimate of drug-likeness (QED) is 0.574. The minimum Gasteiger partial charge on any atom is -0.357 e. The van der Waals surface area contributed by atoms with Crippen molar-refractivity contribution in [3.05, 3.63) is 65.2 Å². The van der Waals surface area contributed by atoms with Gasteiger partial charge in [0.15, 0.2) is 0 Å². The van der Waals surface area contributed by atoms with E-state index in [0.717, 1.165) is 27.7 Å². The number of nitriles is 1. The molecule has 7 heteroatoms. The number of nitrogens with one attached hydrogen (secondary N) is 2. The lowest BCUT2D eigenvalue weighted by Crippen LogP contribution is -2.16. The third-order valence-corrected chi connectivity index (χ3v) is 4.91. The Kier molecular flexibility index (Phi) is 4.17. The molecule has 28 heavy (non-hydrogen) atoms. The van der Waals surface area contributed by atoms with Crippen LogP contribution in [0.15, 0.2) is 42.9 Å². The highest BCUT2D eigenvalue weighted by molar-refractivity contribution is 6.05. The molecule has 138 valence electrons. The number of fused-ring (bicyclic) bond motifs is 1. The molecular formula is C21H18N6O. The van der Waals surface area contributed by atoms with Crippen LogP contribution in [0.1, 0.15) is 27.2 Å². The van der Waals surface area contributed by atoms with Crippen LogP contribution in [0.4, 0.5) is 5.69 Å². The molecule has 3 heterocycles. The first-order valence-corrected chi connectivity index (χ1v) is 8.76. The van der Waals surface area contributed by atoms with E-state index in [-0.39, 0.29) is 5.91 Å². The van der Waals surface area contributed by atoms with E-state index < -0.39 is 0 Å². The van der Waals surface area contributed by atoms with Gasteiger partial charge in [-0.05, 0) is 49.2 Å². The predicted molar refractivity (Wildman–Crippen MR) is 107 cm³/mol. The molecule has 3 aromatic heterocycles. The Morgan fingerprint density at radius 2 is 2.07 bits per heavy atom. The van der Waals surface area contributed by atoms with Crippen LogP contribution in [0.3, 0.4) is 0 Å². The molecule has 7 nitrogen and oxygen atoms in total. The van der Waals surface area contributed by atoms with Crippen molar-refractivity contribution in [3.63, 3.8) is 0 Å². The number of aromatic nitrogens is 4. The summed E-state index contributed by atoms with van der Waals surface area (Å²) in [5, 5.41) is 20.4. The molecule has 0 saturated heterocycles. The number of aryl methyl sites for hydroxylation is 1. The first kappa shape index (κ1) is 17.5. The molecule has 0 saturated carbocycles. The molecule has 1 amide bonds. The second kappa shape index (κ2) is 6.67. The molecule has 4 aromatic rings. The number of rotatable bonds is 3. The van der Waals surface area contributed by atoms with Gasteiger partial charge in [-0.3, -0.25) is 9.89 Å². The number of hydrogen-bond acceptors (Lipinski definition) is 4. The van der Waals surface area contributed by atoms with E-state index in [4.69, 9.17) is 5.26 Å². The van der Waals surface area contributed by atoms with Crippen LogP contribution in [-0.4, -0.2) is 25.7 Å². The van der Waals surface area contributed by atoms with Crippen LogP contribution in [0.25, 0.3) is 22.2 Å². The zero-order valence-corrected chi connectivity index (χ0v) is 15.7. The number of hydrogen-bond donors (Lipinski definition) is 2. The number of aromatic amines is 1. The molecule has 0 unspecified atom stereocenters. The van der Waals surface area contributed by atoms with E-state index >= 15 is 0 Å². The van der Waals surface area contributed by atoms with Crippen LogP contribution in [0.2, 0.25) is 0 Å². The van der Waals surface area contributed by atoms with Gasteiger partial charge in [0.2, 0.25) is 0 Å². The predicted octanol–water partition coefficient (Wildman–Crippen LogP) is 3.70. The van der Waals surface area contributed by atoms with E-state index in [2.05, 4.69) is 26.6 Å². The molecule has 0 aliphatic heterocycles. The van der Waals surface area contributed by atoms with Crippen molar-refractivity contribution in [2.45, 2.75) is 13.8 Å². The molecular weight excluding hydrogens is 352 g/mol. The van der Waals surface area contributed by atoms with Gasteiger partial charge in [0, 0.05) is 42.3 Å². The minimum atomic E-state index is -0.311. The summed E-state index contributed by atoms with van der Waals surface area (Å²) in [7, 11) is 1.96. The molecule has 0 bridgehead atoms. The van der Waals surface area contributed by atoms with E-state index in [1.165, 1.54) is 6.20 Å². The lowest BCUT2D eigenvalue weighted by atomic mass is 10.0. The van der Waals surface area contributed by atoms with Crippen molar-refractivity contribution in [1.29, 1.82) is 5.26 Å². The molecule has 4 rings (SSSR count). The maximum atomic E-state index is 12.7. The lowest BCUT2D eigenvalue weighted by molar-refractivity contribution is 0.102. The number of carbonyl (C=O) groups excluding carboxylic acids is 1. The monoisotopic (exact) mass is 370 g/mol. The smallest absolute Gasteiger partial charge is 0.274 e. The van der Waals surface area contributed by atoms with E-state index in [9.17, 15) is 4.79 Å². The van der Waals surface area contributed by atoms with Gasteiger partial charge in [-0.25, -0.2) is 4.98 Å². The Balaban J connectivity index is 1.68. The minimum absolute atomic E-state index is 0.311. The highest BCUT2D eigenvalue weighted by Crippen LogP contribution is 2.29. The van der Waals surface area contributed by atoms with Gasteiger partial charge >= 0.3 is 0 Å². The Labute approximate surface area is 161 Å². The first-order valence-electron chi connectivity index (χ1n) is 8.76. The van der Waals surface area contributed by atoms with E-state index in [1.807, 2.05) is 55.2 Å². The summed E-state index contributed by atoms with van der Waals surface area (Å²) in [5.41, 5.74) is 5.62. The van der Waals surface area contributed by atoms with Crippen molar-refractivity contribution in [2.75, 3.05) is 5.32 Å². The van der Waals surface area contributed by atoms with Crippen LogP contribution >= 0.6 is 0 Å². The zero-order valence-electron chi connectivity index (χ0n) is 15.7. The Bertz CT molecular complexity index is 1260.